The minimum absolute atomic E-state index is 0.150. The standard InChI is InChI=1S/C64H96N6O20S2/c1-39(71)69-53-47(73)35-63(61(83)84,89-57(53)55(79)49(75)37-67-59(81)45-23-19-43(20-24-45)41-13-5-3-6-14-41)87-29-11-31-91-33-27-65-51(77)17-9-10-18-52(78)66-28-34-92-32-12-30-88-64(62(85)86)36-48(74)54(70-40(2)72)58(90-64)56(80)50(76)38-68-60(82)46-25-21-44(22-26-46)42-15-7-4-8-16-42/h19-26,41-42,47-50,53-58,73-76,79-80H,3-18,27-38H2,1-2H3,(H,65,77)(H,66,78)(H,67,81)(H,68,82)(H,69,71)(H,70,72)(H,83,84)(H,85,86)/t47-,48-,49+,50+,53+,54+,55?,56?,57+,58+,63+,64+/m0/s1. The van der Waals surface area contributed by atoms with Gasteiger partial charge in [-0.2, -0.15) is 23.5 Å². The van der Waals surface area contributed by atoms with Gasteiger partial charge in [0.2, 0.25) is 23.6 Å². The van der Waals surface area contributed by atoms with Crippen LogP contribution in [0.1, 0.15) is 173 Å². The van der Waals surface area contributed by atoms with E-state index in [0.29, 0.717) is 84.7 Å². The lowest BCUT2D eigenvalue weighted by Gasteiger charge is -2.46. The number of amides is 6. The Morgan fingerprint density at radius 2 is 0.880 bits per heavy atom. The van der Waals surface area contributed by atoms with Crippen molar-refractivity contribution in [1.29, 1.82) is 0 Å². The zero-order valence-electron chi connectivity index (χ0n) is 52.6. The summed E-state index contributed by atoms with van der Waals surface area (Å²) in [6, 6.07) is 11.8. The molecule has 2 aromatic rings. The molecule has 6 amide bonds. The van der Waals surface area contributed by atoms with E-state index in [4.69, 9.17) is 18.9 Å². The second-order valence-corrected chi connectivity index (χ2v) is 26.7. The molecule has 0 radical (unpaired) electrons. The molecule has 2 aromatic carbocycles. The molecule has 2 aliphatic carbocycles. The smallest absolute Gasteiger partial charge is 0.364 e. The Kier molecular flexibility index (Phi) is 31.3. The van der Waals surface area contributed by atoms with E-state index in [1.807, 2.05) is 24.3 Å². The van der Waals surface area contributed by atoms with Gasteiger partial charge in [0.15, 0.2) is 0 Å². The molecule has 4 fully saturated rings. The van der Waals surface area contributed by atoms with Crippen LogP contribution in [0.3, 0.4) is 0 Å². The minimum Gasteiger partial charge on any atom is -0.477 e. The molecule has 14 N–H and O–H groups in total. The molecule has 4 aliphatic rings. The number of nitrogens with one attached hydrogen (secondary N) is 6. The number of aliphatic hydroxyl groups is 6. The third-order valence-electron chi connectivity index (χ3n) is 17.2. The highest BCUT2D eigenvalue weighted by Gasteiger charge is 2.57. The third-order valence-corrected chi connectivity index (χ3v) is 19.3. The Labute approximate surface area is 545 Å². The van der Waals surface area contributed by atoms with E-state index in [0.717, 1.165) is 76.3 Å². The van der Waals surface area contributed by atoms with Crippen LogP contribution >= 0.6 is 23.5 Å². The molecular weight excluding hydrogens is 1240 g/mol. The fraction of sp³-hybridized carbons (Fsp3) is 0.688. The lowest BCUT2D eigenvalue weighted by molar-refractivity contribution is -0.310. The first-order valence-corrected chi connectivity index (χ1v) is 34.5. The van der Waals surface area contributed by atoms with Crippen molar-refractivity contribution >= 4 is 70.9 Å². The van der Waals surface area contributed by atoms with Crippen molar-refractivity contribution in [3.05, 3.63) is 70.8 Å². The molecule has 92 heavy (non-hydrogen) atoms. The van der Waals surface area contributed by atoms with Gasteiger partial charge in [0.05, 0.1) is 49.7 Å². The van der Waals surface area contributed by atoms with Gasteiger partial charge in [0.25, 0.3) is 23.4 Å². The second kappa shape index (κ2) is 38.2. The maximum absolute atomic E-state index is 13.0. The number of unbranched alkanes of at least 4 members (excludes halogenated alkanes) is 1. The van der Waals surface area contributed by atoms with Gasteiger partial charge in [-0.15, -0.1) is 0 Å². The summed E-state index contributed by atoms with van der Waals surface area (Å²) in [7, 11) is 0. The third kappa shape index (κ3) is 23.2. The van der Waals surface area contributed by atoms with Gasteiger partial charge in [0, 0.05) is 88.3 Å². The highest BCUT2D eigenvalue weighted by Crippen LogP contribution is 2.37. The first-order valence-electron chi connectivity index (χ1n) is 32.2. The Hall–Kier alpha value is -5.50. The maximum Gasteiger partial charge on any atom is 0.364 e. The van der Waals surface area contributed by atoms with Crippen LogP contribution < -0.4 is 31.9 Å². The summed E-state index contributed by atoms with van der Waals surface area (Å²) in [5, 5.41) is 103. The average molecular weight is 1330 g/mol. The SMILES string of the molecule is CC(=O)N[C@@H]1[C@@H](O)C[C@](OCCCSCCNC(=O)CCCCC(=O)NCCSCCCO[C@]2(C(=O)O)C[C@H](O)[C@@H](NC(C)=O)[C@H](C(O)[C@H](O)CNC(=O)c3ccc(C4CCCCC4)cc3)O2)(C(=O)O)O[C@H]1C(O)[C@H](O)CNC(=O)c1ccc(C2CCCCC2)cc1. The summed E-state index contributed by atoms with van der Waals surface area (Å²) >= 11 is 2.92. The molecule has 0 spiro atoms. The number of hydrogen-bond acceptors (Lipinski definition) is 20. The maximum atomic E-state index is 13.0. The molecule has 514 valence electrons. The summed E-state index contributed by atoms with van der Waals surface area (Å²) in [6.07, 6.45) is -1.51. The van der Waals surface area contributed by atoms with Crippen LogP contribution in [0.4, 0.5) is 0 Å². The molecule has 28 heteroatoms. The molecule has 6 rings (SSSR count). The van der Waals surface area contributed by atoms with Crippen LogP contribution in [0, 0.1) is 0 Å². The van der Waals surface area contributed by atoms with Gasteiger partial charge in [-0.3, -0.25) is 28.8 Å². The quantitative estimate of drug-likeness (QED) is 0.0432. The number of thioether (sulfide) groups is 2. The molecular formula is C64H96N6O20S2. The van der Waals surface area contributed by atoms with Crippen molar-refractivity contribution in [1.82, 2.24) is 31.9 Å². The van der Waals surface area contributed by atoms with Crippen LogP contribution in [0.15, 0.2) is 48.5 Å². The van der Waals surface area contributed by atoms with Gasteiger partial charge >= 0.3 is 11.9 Å². The van der Waals surface area contributed by atoms with Crippen molar-refractivity contribution in [3.63, 3.8) is 0 Å². The summed E-state index contributed by atoms with van der Waals surface area (Å²) in [6.45, 7) is 1.78. The molecule has 0 bridgehead atoms. The van der Waals surface area contributed by atoms with E-state index in [1.165, 1.54) is 36.4 Å². The lowest BCUT2D eigenvalue weighted by atomic mass is 9.84. The van der Waals surface area contributed by atoms with Crippen LogP contribution in [0.25, 0.3) is 0 Å². The normalized spacial score (nSPS) is 25.0. The van der Waals surface area contributed by atoms with E-state index in [9.17, 15) is 79.2 Å². The lowest BCUT2D eigenvalue weighted by Crippen LogP contribution is -2.68. The summed E-state index contributed by atoms with van der Waals surface area (Å²) in [5.74, 6) is -7.86. The molecule has 0 aromatic heterocycles. The number of hydrogen-bond donors (Lipinski definition) is 14. The van der Waals surface area contributed by atoms with Crippen LogP contribution in [0.2, 0.25) is 0 Å². The Morgan fingerprint density at radius 1 is 0.522 bits per heavy atom. The summed E-state index contributed by atoms with van der Waals surface area (Å²) < 4.78 is 23.2. The first kappa shape index (κ1) is 75.5. The van der Waals surface area contributed by atoms with E-state index in [1.54, 1.807) is 24.3 Å². The number of aliphatic hydroxyl groups excluding tert-OH is 6. The number of carboxylic acid groups (broad SMARTS) is 2. The van der Waals surface area contributed by atoms with Crippen molar-refractivity contribution in [3.8, 4) is 0 Å². The van der Waals surface area contributed by atoms with E-state index < -0.39 is 134 Å². The van der Waals surface area contributed by atoms with E-state index in [-0.39, 0.29) is 37.9 Å². The Morgan fingerprint density at radius 3 is 1.22 bits per heavy atom. The van der Waals surface area contributed by atoms with E-state index >= 15 is 0 Å². The van der Waals surface area contributed by atoms with Gasteiger partial charge in [-0.05, 0) is 110 Å². The first-order chi connectivity index (χ1) is 44.0. The summed E-state index contributed by atoms with van der Waals surface area (Å²) in [5.41, 5.74) is 2.99. The van der Waals surface area contributed by atoms with Gasteiger partial charge in [0.1, 0.15) is 24.4 Å². The zero-order valence-corrected chi connectivity index (χ0v) is 54.3. The Balaban J connectivity index is 0.808. The highest BCUT2D eigenvalue weighted by atomic mass is 32.2. The number of carbonyl (C=O) groups is 8. The van der Waals surface area contributed by atoms with Gasteiger partial charge in [-0.1, -0.05) is 62.8 Å². The second-order valence-electron chi connectivity index (χ2n) is 24.3. The molecule has 12 atom stereocenters. The number of ether oxygens (including phenoxy) is 4. The zero-order chi connectivity index (χ0) is 66.8. The molecule has 2 saturated heterocycles. The van der Waals surface area contributed by atoms with E-state index in [2.05, 4.69) is 31.9 Å². The number of aliphatic carboxylic acids is 2. The molecule has 26 nitrogen and oxygen atoms in total. The Bertz CT molecular complexity index is 2510. The fourth-order valence-corrected chi connectivity index (χ4v) is 13.7. The predicted molar refractivity (Wildman–Crippen MR) is 340 cm³/mol. The fourth-order valence-electron chi connectivity index (χ4n) is 12.1. The average Bonchev–Trinajstić information content (AvgIpc) is 0.780. The molecule has 2 heterocycles. The van der Waals surface area contributed by atoms with Gasteiger partial charge < -0.3 is 91.7 Å². The summed E-state index contributed by atoms with van der Waals surface area (Å²) in [4.78, 5) is 101. The van der Waals surface area contributed by atoms with Crippen molar-refractivity contribution in [2.75, 3.05) is 62.4 Å². The number of carbonyl (C=O) groups excluding carboxylic acids is 6. The van der Waals surface area contributed by atoms with Crippen LogP contribution in [-0.2, 0) is 47.7 Å². The van der Waals surface area contributed by atoms with Crippen LogP contribution in [-0.4, -0.2) is 223 Å². The minimum atomic E-state index is -2.46. The van der Waals surface area contributed by atoms with Crippen molar-refractivity contribution in [2.24, 2.45) is 0 Å². The topological polar surface area (TPSA) is 408 Å². The monoisotopic (exact) mass is 1330 g/mol. The number of benzene rings is 2. The van der Waals surface area contributed by atoms with Crippen LogP contribution in [0.5, 0.6) is 0 Å². The molecule has 2 unspecified atom stereocenters. The predicted octanol–water partition coefficient (Wildman–Crippen LogP) is 2.33. The van der Waals surface area contributed by atoms with Crippen molar-refractivity contribution < 1.29 is 98.2 Å². The largest absolute Gasteiger partial charge is 0.477 e. The number of carboxylic acids is 2. The van der Waals surface area contributed by atoms with Crippen molar-refractivity contribution in [2.45, 2.75) is 214 Å². The number of rotatable bonds is 37. The van der Waals surface area contributed by atoms with Gasteiger partial charge in [-0.25, -0.2) is 9.59 Å². The highest BCUT2D eigenvalue weighted by molar-refractivity contribution is 7.99. The molecule has 2 aliphatic heterocycles. The molecule has 2 saturated carbocycles.